The summed E-state index contributed by atoms with van der Waals surface area (Å²) in [6.45, 7) is 6.16. The largest absolute Gasteiger partial charge is 0.504 e. The minimum absolute atomic E-state index is 0.205. The van der Waals surface area contributed by atoms with Crippen molar-refractivity contribution in [2.45, 2.75) is 20.8 Å². The van der Waals surface area contributed by atoms with Gasteiger partial charge in [0.05, 0.1) is 5.69 Å². The number of aromatic nitrogens is 2. The summed E-state index contributed by atoms with van der Waals surface area (Å²) in [6.07, 6.45) is 0. The standard InChI is InChI=1S/C24H22N2O/c1-16-12-14-19(15-13-16)22-24(27)23(20-10-6-4-8-17(20)2)26(25-22)21-11-7-5-9-18(21)3/h4-15,27H,1-3H3. The molecule has 0 amide bonds. The second-order valence-corrected chi connectivity index (χ2v) is 6.93. The molecule has 0 radical (unpaired) electrons. The molecule has 0 saturated carbocycles. The molecule has 0 aliphatic rings. The van der Waals surface area contributed by atoms with Crippen LogP contribution in [0.5, 0.6) is 5.75 Å². The Hall–Kier alpha value is -3.33. The van der Waals surface area contributed by atoms with Gasteiger partial charge in [0.2, 0.25) is 0 Å². The molecule has 1 heterocycles. The third kappa shape index (κ3) is 3.02. The van der Waals surface area contributed by atoms with Gasteiger partial charge in [0.15, 0.2) is 5.75 Å². The molecule has 27 heavy (non-hydrogen) atoms. The van der Waals surface area contributed by atoms with E-state index in [4.69, 9.17) is 5.10 Å². The van der Waals surface area contributed by atoms with Crippen LogP contribution in [0.25, 0.3) is 28.2 Å². The van der Waals surface area contributed by atoms with Crippen LogP contribution in [-0.2, 0) is 0 Å². The first kappa shape index (κ1) is 17.1. The number of hydrogen-bond acceptors (Lipinski definition) is 2. The van der Waals surface area contributed by atoms with Crippen molar-refractivity contribution in [3.8, 4) is 34.0 Å². The molecule has 0 aliphatic heterocycles. The molecule has 0 spiro atoms. The number of aryl methyl sites for hydroxylation is 3. The van der Waals surface area contributed by atoms with Gasteiger partial charge in [-0.2, -0.15) is 5.10 Å². The number of para-hydroxylation sites is 1. The van der Waals surface area contributed by atoms with Crippen molar-refractivity contribution in [2.24, 2.45) is 0 Å². The second-order valence-electron chi connectivity index (χ2n) is 6.93. The summed E-state index contributed by atoms with van der Waals surface area (Å²) in [4.78, 5) is 0. The average molecular weight is 354 g/mol. The topological polar surface area (TPSA) is 38.0 Å². The highest BCUT2D eigenvalue weighted by molar-refractivity contribution is 5.81. The van der Waals surface area contributed by atoms with Gasteiger partial charge in [-0.05, 0) is 38.0 Å². The van der Waals surface area contributed by atoms with E-state index in [1.165, 1.54) is 5.56 Å². The molecular formula is C24H22N2O. The normalized spacial score (nSPS) is 10.9. The Kier molecular flexibility index (Phi) is 4.28. The van der Waals surface area contributed by atoms with E-state index in [1.807, 2.05) is 72.3 Å². The Labute approximate surface area is 159 Å². The molecule has 0 atom stereocenters. The summed E-state index contributed by atoms with van der Waals surface area (Å²) in [5.74, 6) is 0.205. The van der Waals surface area contributed by atoms with Gasteiger partial charge < -0.3 is 5.11 Å². The lowest BCUT2D eigenvalue weighted by atomic mass is 10.0. The summed E-state index contributed by atoms with van der Waals surface area (Å²) >= 11 is 0. The second kappa shape index (κ2) is 6.76. The van der Waals surface area contributed by atoms with E-state index in [0.717, 1.165) is 33.6 Å². The van der Waals surface area contributed by atoms with Crippen molar-refractivity contribution < 1.29 is 5.11 Å². The fraction of sp³-hybridized carbons (Fsp3) is 0.125. The third-order valence-corrected chi connectivity index (χ3v) is 4.93. The third-order valence-electron chi connectivity index (χ3n) is 4.93. The minimum Gasteiger partial charge on any atom is -0.504 e. The molecule has 1 N–H and O–H groups in total. The van der Waals surface area contributed by atoms with Crippen LogP contribution in [0.3, 0.4) is 0 Å². The maximum atomic E-state index is 11.2. The van der Waals surface area contributed by atoms with Crippen LogP contribution in [-0.4, -0.2) is 14.9 Å². The fourth-order valence-corrected chi connectivity index (χ4v) is 3.37. The van der Waals surface area contributed by atoms with Gasteiger partial charge in [0.25, 0.3) is 0 Å². The molecule has 4 aromatic rings. The van der Waals surface area contributed by atoms with Gasteiger partial charge in [-0.3, -0.25) is 0 Å². The van der Waals surface area contributed by atoms with Crippen LogP contribution in [0.15, 0.2) is 72.8 Å². The molecule has 1 aromatic heterocycles. The summed E-state index contributed by atoms with van der Waals surface area (Å²) < 4.78 is 1.86. The van der Waals surface area contributed by atoms with Crippen LogP contribution in [0.2, 0.25) is 0 Å². The molecule has 134 valence electrons. The van der Waals surface area contributed by atoms with Crippen molar-refractivity contribution in [3.63, 3.8) is 0 Å². The summed E-state index contributed by atoms with van der Waals surface area (Å²) in [5.41, 5.74) is 7.53. The number of benzene rings is 3. The van der Waals surface area contributed by atoms with Crippen LogP contribution in [0.1, 0.15) is 16.7 Å². The van der Waals surface area contributed by atoms with Crippen LogP contribution in [0.4, 0.5) is 0 Å². The van der Waals surface area contributed by atoms with E-state index in [-0.39, 0.29) is 5.75 Å². The Morgan fingerprint density at radius 3 is 2.04 bits per heavy atom. The number of hydrogen-bond donors (Lipinski definition) is 1. The molecule has 0 saturated heterocycles. The maximum absolute atomic E-state index is 11.2. The Balaban J connectivity index is 2.03. The van der Waals surface area contributed by atoms with Crippen molar-refractivity contribution in [2.75, 3.05) is 0 Å². The number of aromatic hydroxyl groups is 1. The highest BCUT2D eigenvalue weighted by atomic mass is 16.3. The zero-order valence-corrected chi connectivity index (χ0v) is 15.8. The predicted molar refractivity (Wildman–Crippen MR) is 110 cm³/mol. The van der Waals surface area contributed by atoms with E-state index < -0.39 is 0 Å². The van der Waals surface area contributed by atoms with Gasteiger partial charge in [-0.15, -0.1) is 0 Å². The van der Waals surface area contributed by atoms with Gasteiger partial charge in [0.1, 0.15) is 11.4 Å². The molecule has 3 nitrogen and oxygen atoms in total. The van der Waals surface area contributed by atoms with Crippen molar-refractivity contribution in [3.05, 3.63) is 89.5 Å². The first-order chi connectivity index (χ1) is 13.1. The van der Waals surface area contributed by atoms with E-state index in [2.05, 4.69) is 26.0 Å². The highest BCUT2D eigenvalue weighted by Gasteiger charge is 2.22. The van der Waals surface area contributed by atoms with Crippen LogP contribution in [0, 0.1) is 20.8 Å². The quantitative estimate of drug-likeness (QED) is 0.502. The number of nitrogens with zero attached hydrogens (tertiary/aromatic N) is 2. The fourth-order valence-electron chi connectivity index (χ4n) is 3.37. The number of rotatable bonds is 3. The lowest BCUT2D eigenvalue weighted by Crippen LogP contribution is -2.02. The van der Waals surface area contributed by atoms with Crippen molar-refractivity contribution >= 4 is 0 Å². The van der Waals surface area contributed by atoms with Crippen LogP contribution >= 0.6 is 0 Å². The lowest BCUT2D eigenvalue weighted by molar-refractivity contribution is 0.479. The Morgan fingerprint density at radius 1 is 0.741 bits per heavy atom. The van der Waals surface area contributed by atoms with Crippen LogP contribution < -0.4 is 0 Å². The summed E-state index contributed by atoms with van der Waals surface area (Å²) in [7, 11) is 0. The smallest absolute Gasteiger partial charge is 0.170 e. The van der Waals surface area contributed by atoms with Gasteiger partial charge in [0, 0.05) is 11.1 Å². The van der Waals surface area contributed by atoms with Gasteiger partial charge in [-0.25, -0.2) is 4.68 Å². The monoisotopic (exact) mass is 354 g/mol. The van der Waals surface area contributed by atoms with Crippen molar-refractivity contribution in [1.29, 1.82) is 0 Å². The molecular weight excluding hydrogens is 332 g/mol. The summed E-state index contributed by atoms with van der Waals surface area (Å²) in [5, 5.41) is 16.0. The molecule has 0 fully saturated rings. The van der Waals surface area contributed by atoms with E-state index in [0.29, 0.717) is 5.69 Å². The molecule has 0 unspecified atom stereocenters. The molecule has 3 heteroatoms. The molecule has 3 aromatic carbocycles. The zero-order valence-electron chi connectivity index (χ0n) is 15.8. The van der Waals surface area contributed by atoms with Gasteiger partial charge in [-0.1, -0.05) is 72.3 Å². The Morgan fingerprint density at radius 2 is 1.37 bits per heavy atom. The Bertz CT molecular complexity index is 1110. The first-order valence-electron chi connectivity index (χ1n) is 9.07. The molecule has 0 aliphatic carbocycles. The SMILES string of the molecule is Cc1ccc(-c2nn(-c3ccccc3C)c(-c3ccccc3C)c2O)cc1. The minimum atomic E-state index is 0.205. The summed E-state index contributed by atoms with van der Waals surface area (Å²) in [6, 6.07) is 24.2. The predicted octanol–water partition coefficient (Wildman–Crippen LogP) is 5.84. The lowest BCUT2D eigenvalue weighted by Gasteiger charge is -2.12. The van der Waals surface area contributed by atoms with Crippen molar-refractivity contribution in [1.82, 2.24) is 9.78 Å². The first-order valence-corrected chi connectivity index (χ1v) is 9.07. The maximum Gasteiger partial charge on any atom is 0.170 e. The van der Waals surface area contributed by atoms with E-state index in [1.54, 1.807) is 0 Å². The average Bonchev–Trinajstić information content (AvgIpc) is 3.00. The van der Waals surface area contributed by atoms with Gasteiger partial charge >= 0.3 is 0 Å². The molecule has 4 rings (SSSR count). The van der Waals surface area contributed by atoms with E-state index >= 15 is 0 Å². The highest BCUT2D eigenvalue weighted by Crippen LogP contribution is 2.40. The zero-order chi connectivity index (χ0) is 19.0. The van der Waals surface area contributed by atoms with E-state index in [9.17, 15) is 5.11 Å². The molecule has 0 bridgehead atoms.